The van der Waals surface area contributed by atoms with Gasteiger partial charge in [0.1, 0.15) is 0 Å². The van der Waals surface area contributed by atoms with Gasteiger partial charge in [-0.1, -0.05) is 12.5 Å². The van der Waals surface area contributed by atoms with Gasteiger partial charge >= 0.3 is 0 Å². The van der Waals surface area contributed by atoms with Gasteiger partial charge in [-0.2, -0.15) is 0 Å². The monoisotopic (exact) mass is 261 g/mol. The molecule has 1 saturated heterocycles. The van der Waals surface area contributed by atoms with Gasteiger partial charge in [0.15, 0.2) is 0 Å². The zero-order chi connectivity index (χ0) is 13.7. The highest BCUT2D eigenvalue weighted by Gasteiger charge is 2.16. The van der Waals surface area contributed by atoms with E-state index in [9.17, 15) is 9.59 Å². The van der Waals surface area contributed by atoms with Crippen LogP contribution < -0.4 is 16.4 Å². The first-order valence-corrected chi connectivity index (χ1v) is 6.58. The molecule has 4 N–H and O–H groups in total. The minimum atomic E-state index is -0.522. The Labute approximate surface area is 112 Å². The lowest BCUT2D eigenvalue weighted by molar-refractivity contribution is 0.0935. The van der Waals surface area contributed by atoms with Gasteiger partial charge < -0.3 is 16.4 Å². The van der Waals surface area contributed by atoms with Crippen molar-refractivity contribution in [3.8, 4) is 0 Å². The van der Waals surface area contributed by atoms with Gasteiger partial charge in [0.05, 0.1) is 0 Å². The number of primary amides is 1. The van der Waals surface area contributed by atoms with Gasteiger partial charge in [0.25, 0.3) is 5.91 Å². The minimum Gasteiger partial charge on any atom is -0.366 e. The quantitative estimate of drug-likeness (QED) is 0.747. The molecule has 1 aliphatic heterocycles. The maximum Gasteiger partial charge on any atom is 0.251 e. The molecule has 2 rings (SSSR count). The largest absolute Gasteiger partial charge is 0.366 e. The molecule has 1 aliphatic rings. The Morgan fingerprint density at radius 1 is 1.26 bits per heavy atom. The molecule has 2 amide bonds. The Morgan fingerprint density at radius 3 is 2.84 bits per heavy atom. The summed E-state index contributed by atoms with van der Waals surface area (Å²) in [5.41, 5.74) is 6.03. The Morgan fingerprint density at radius 2 is 2.05 bits per heavy atom. The molecule has 1 fully saturated rings. The highest BCUT2D eigenvalue weighted by atomic mass is 16.2. The van der Waals surface area contributed by atoms with E-state index in [4.69, 9.17) is 5.73 Å². The number of nitrogens with two attached hydrogens (primary N) is 1. The first kappa shape index (κ1) is 13.5. The fourth-order valence-corrected chi connectivity index (χ4v) is 2.22. The lowest BCUT2D eigenvalue weighted by Gasteiger charge is -2.16. The van der Waals surface area contributed by atoms with E-state index in [0.29, 0.717) is 11.1 Å². The summed E-state index contributed by atoms with van der Waals surface area (Å²) in [7, 11) is 0. The average Bonchev–Trinajstić information content (AvgIpc) is 2.67. The van der Waals surface area contributed by atoms with Crippen molar-refractivity contribution in [2.75, 3.05) is 13.1 Å². The van der Waals surface area contributed by atoms with Crippen molar-refractivity contribution in [2.45, 2.75) is 25.3 Å². The smallest absolute Gasteiger partial charge is 0.251 e. The highest BCUT2D eigenvalue weighted by molar-refractivity contribution is 5.99. The summed E-state index contributed by atoms with van der Waals surface area (Å²) in [4.78, 5) is 23.2. The van der Waals surface area contributed by atoms with Crippen LogP contribution in [0.25, 0.3) is 0 Å². The van der Waals surface area contributed by atoms with Crippen molar-refractivity contribution in [3.05, 3.63) is 35.4 Å². The molecule has 5 nitrogen and oxygen atoms in total. The summed E-state index contributed by atoms with van der Waals surface area (Å²) in [6.45, 7) is 1.80. The number of benzene rings is 1. The molecule has 1 aromatic rings. The number of carbonyl (C=O) groups excluding carboxylic acids is 2. The van der Waals surface area contributed by atoms with E-state index in [1.54, 1.807) is 18.2 Å². The number of hydrogen-bond donors (Lipinski definition) is 3. The predicted octanol–water partition coefficient (Wildman–Crippen LogP) is 0.657. The molecule has 1 atom stereocenters. The first-order chi connectivity index (χ1) is 9.16. The molecule has 1 heterocycles. The molecule has 1 unspecified atom stereocenters. The number of nitrogens with one attached hydrogen (secondary N) is 2. The van der Waals surface area contributed by atoms with Crippen LogP contribution in [0.1, 0.15) is 40.0 Å². The van der Waals surface area contributed by atoms with Crippen molar-refractivity contribution in [1.29, 1.82) is 0 Å². The summed E-state index contributed by atoms with van der Waals surface area (Å²) in [6.07, 6.45) is 3.23. The van der Waals surface area contributed by atoms with Crippen molar-refractivity contribution >= 4 is 11.8 Å². The van der Waals surface area contributed by atoms with Gasteiger partial charge in [-0.25, -0.2) is 0 Å². The van der Waals surface area contributed by atoms with E-state index < -0.39 is 5.91 Å². The fraction of sp³-hybridized carbons (Fsp3) is 0.429. The normalized spacial score (nSPS) is 19.5. The maximum absolute atomic E-state index is 12.1. The number of hydrogen-bond acceptors (Lipinski definition) is 3. The fourth-order valence-electron chi connectivity index (χ4n) is 2.22. The second kappa shape index (κ2) is 6.33. The van der Waals surface area contributed by atoms with Crippen LogP contribution in [-0.4, -0.2) is 30.9 Å². The van der Waals surface area contributed by atoms with E-state index >= 15 is 0 Å². The zero-order valence-corrected chi connectivity index (χ0v) is 10.8. The van der Waals surface area contributed by atoms with Gasteiger partial charge in [-0.05, 0) is 37.6 Å². The summed E-state index contributed by atoms with van der Waals surface area (Å²) < 4.78 is 0. The molecule has 5 heteroatoms. The molecule has 0 bridgehead atoms. The molecular weight excluding hydrogens is 242 g/mol. The van der Waals surface area contributed by atoms with Crippen LogP contribution in [0.5, 0.6) is 0 Å². The summed E-state index contributed by atoms with van der Waals surface area (Å²) in [5.74, 6) is -0.678. The SMILES string of the molecule is NC(=O)c1cccc(C(=O)NC2CCCCNC2)c1. The Kier molecular flexibility index (Phi) is 4.52. The summed E-state index contributed by atoms with van der Waals surface area (Å²) >= 11 is 0. The first-order valence-electron chi connectivity index (χ1n) is 6.58. The average molecular weight is 261 g/mol. The molecule has 1 aromatic carbocycles. The summed E-state index contributed by atoms with van der Waals surface area (Å²) in [5, 5.41) is 6.28. The van der Waals surface area contributed by atoms with Crippen molar-refractivity contribution < 1.29 is 9.59 Å². The molecule has 0 radical (unpaired) electrons. The van der Waals surface area contributed by atoms with Crippen LogP contribution in [-0.2, 0) is 0 Å². The second-order valence-corrected chi connectivity index (χ2v) is 4.82. The van der Waals surface area contributed by atoms with E-state index in [0.717, 1.165) is 32.4 Å². The van der Waals surface area contributed by atoms with Crippen molar-refractivity contribution in [1.82, 2.24) is 10.6 Å². The van der Waals surface area contributed by atoms with E-state index in [-0.39, 0.29) is 11.9 Å². The second-order valence-electron chi connectivity index (χ2n) is 4.82. The molecule has 0 aliphatic carbocycles. The molecule has 0 saturated carbocycles. The standard InChI is InChI=1S/C14H19N3O2/c15-13(18)10-4-3-5-11(8-10)14(19)17-12-6-1-2-7-16-9-12/h3-5,8,12,16H,1-2,6-7,9H2,(H2,15,18)(H,17,19). The van der Waals surface area contributed by atoms with Crippen LogP contribution in [0.15, 0.2) is 24.3 Å². The Bertz CT molecular complexity index is 466. The minimum absolute atomic E-state index is 0.146. The van der Waals surface area contributed by atoms with Gasteiger partial charge in [-0.3, -0.25) is 9.59 Å². The van der Waals surface area contributed by atoms with Crippen molar-refractivity contribution in [2.24, 2.45) is 5.73 Å². The van der Waals surface area contributed by atoms with Crippen LogP contribution in [0, 0.1) is 0 Å². The lowest BCUT2D eigenvalue weighted by atomic mass is 10.1. The van der Waals surface area contributed by atoms with E-state index in [1.807, 2.05) is 0 Å². The number of rotatable bonds is 3. The molecule has 19 heavy (non-hydrogen) atoms. The predicted molar refractivity (Wildman–Crippen MR) is 72.9 cm³/mol. The van der Waals surface area contributed by atoms with E-state index in [2.05, 4.69) is 10.6 Å². The Hall–Kier alpha value is -1.88. The number of carbonyl (C=O) groups is 2. The van der Waals surface area contributed by atoms with Crippen molar-refractivity contribution in [3.63, 3.8) is 0 Å². The zero-order valence-electron chi connectivity index (χ0n) is 10.8. The molecular formula is C14H19N3O2. The topological polar surface area (TPSA) is 84.2 Å². The van der Waals surface area contributed by atoms with Crippen LogP contribution in [0.4, 0.5) is 0 Å². The van der Waals surface area contributed by atoms with E-state index in [1.165, 1.54) is 6.07 Å². The lowest BCUT2D eigenvalue weighted by Crippen LogP contribution is -2.40. The molecule has 0 aromatic heterocycles. The summed E-state index contributed by atoms with van der Waals surface area (Å²) in [6, 6.07) is 6.63. The molecule has 102 valence electrons. The third-order valence-corrected chi connectivity index (χ3v) is 3.29. The highest BCUT2D eigenvalue weighted by Crippen LogP contribution is 2.08. The third kappa shape index (κ3) is 3.79. The van der Waals surface area contributed by atoms with Gasteiger partial charge in [-0.15, -0.1) is 0 Å². The molecule has 0 spiro atoms. The third-order valence-electron chi connectivity index (χ3n) is 3.29. The van der Waals surface area contributed by atoms with Crippen LogP contribution >= 0.6 is 0 Å². The number of amides is 2. The van der Waals surface area contributed by atoms with Gasteiger partial charge in [0.2, 0.25) is 5.91 Å². The maximum atomic E-state index is 12.1. The Balaban J connectivity index is 2.02. The van der Waals surface area contributed by atoms with Crippen LogP contribution in [0.2, 0.25) is 0 Å². The van der Waals surface area contributed by atoms with Crippen LogP contribution in [0.3, 0.4) is 0 Å². The van der Waals surface area contributed by atoms with Gasteiger partial charge in [0, 0.05) is 23.7 Å².